The number of fused-ring (bicyclic) bond motifs is 2. The SMILES string of the molecule is c1coc(CNc2ncc3c(n2)[C@@]2(CCNC2)COC3)c1. The molecule has 4 rings (SSSR count). The lowest BCUT2D eigenvalue weighted by Gasteiger charge is -2.33. The maximum Gasteiger partial charge on any atom is 0.223 e. The summed E-state index contributed by atoms with van der Waals surface area (Å²) in [6.07, 6.45) is 4.61. The molecule has 0 bridgehead atoms. The van der Waals surface area contributed by atoms with Crippen LogP contribution in [0.15, 0.2) is 29.0 Å². The molecule has 2 aliphatic rings. The third-order valence-corrected chi connectivity index (χ3v) is 4.25. The van der Waals surface area contributed by atoms with Crippen LogP contribution in [0.2, 0.25) is 0 Å². The van der Waals surface area contributed by atoms with Crippen LogP contribution in [0.1, 0.15) is 23.4 Å². The Morgan fingerprint density at radius 1 is 1.43 bits per heavy atom. The van der Waals surface area contributed by atoms with E-state index in [0.717, 1.165) is 43.1 Å². The Kier molecular flexibility index (Phi) is 3.12. The lowest BCUT2D eigenvalue weighted by Crippen LogP contribution is -2.39. The molecule has 0 aliphatic carbocycles. The second kappa shape index (κ2) is 5.13. The van der Waals surface area contributed by atoms with Gasteiger partial charge in [-0.25, -0.2) is 9.97 Å². The molecule has 4 heterocycles. The number of anilines is 1. The monoisotopic (exact) mass is 286 g/mol. The Morgan fingerprint density at radius 2 is 2.43 bits per heavy atom. The Hall–Kier alpha value is -1.92. The second-order valence-electron chi connectivity index (χ2n) is 5.70. The average molecular weight is 286 g/mol. The third-order valence-electron chi connectivity index (χ3n) is 4.25. The van der Waals surface area contributed by atoms with Crippen molar-refractivity contribution in [3.05, 3.63) is 41.6 Å². The highest BCUT2D eigenvalue weighted by molar-refractivity contribution is 5.36. The van der Waals surface area contributed by atoms with Crippen LogP contribution in [0.25, 0.3) is 0 Å². The van der Waals surface area contributed by atoms with Crippen LogP contribution in [-0.2, 0) is 23.3 Å². The normalized spacial score (nSPS) is 24.2. The third kappa shape index (κ3) is 2.30. The Balaban J connectivity index is 1.60. The standard InChI is InChI=1S/C15H18N4O2/c1-2-12(21-5-1)7-18-14-17-6-11-8-20-10-15(13(11)19-14)3-4-16-9-15/h1-2,5-6,16H,3-4,7-10H2,(H,17,18,19)/t15-/m1/s1. The highest BCUT2D eigenvalue weighted by Gasteiger charge is 2.41. The first-order chi connectivity index (χ1) is 10.4. The molecule has 1 atom stereocenters. The van der Waals surface area contributed by atoms with E-state index in [9.17, 15) is 0 Å². The molecule has 110 valence electrons. The number of ether oxygens (including phenoxy) is 1. The smallest absolute Gasteiger partial charge is 0.223 e. The predicted octanol–water partition coefficient (Wildman–Crippen LogP) is 1.44. The van der Waals surface area contributed by atoms with E-state index in [0.29, 0.717) is 19.1 Å². The fourth-order valence-corrected chi connectivity index (χ4v) is 3.13. The number of nitrogens with zero attached hydrogens (tertiary/aromatic N) is 2. The molecule has 6 nitrogen and oxygen atoms in total. The fourth-order valence-electron chi connectivity index (χ4n) is 3.13. The molecule has 2 aromatic rings. The zero-order valence-corrected chi connectivity index (χ0v) is 11.8. The number of nitrogens with one attached hydrogen (secondary N) is 2. The van der Waals surface area contributed by atoms with Gasteiger partial charge in [0.1, 0.15) is 5.76 Å². The van der Waals surface area contributed by atoms with Crippen LogP contribution in [0.5, 0.6) is 0 Å². The lowest BCUT2D eigenvalue weighted by atomic mass is 9.81. The van der Waals surface area contributed by atoms with Gasteiger partial charge >= 0.3 is 0 Å². The predicted molar refractivity (Wildman–Crippen MR) is 76.9 cm³/mol. The number of furan rings is 1. The molecular formula is C15H18N4O2. The van der Waals surface area contributed by atoms with Gasteiger partial charge in [0.15, 0.2) is 0 Å². The van der Waals surface area contributed by atoms with E-state index in [2.05, 4.69) is 15.6 Å². The minimum absolute atomic E-state index is 0.0115. The summed E-state index contributed by atoms with van der Waals surface area (Å²) in [5.74, 6) is 1.52. The Morgan fingerprint density at radius 3 is 3.24 bits per heavy atom. The Labute approximate surface area is 122 Å². The van der Waals surface area contributed by atoms with E-state index < -0.39 is 0 Å². The highest BCUT2D eigenvalue weighted by atomic mass is 16.5. The molecule has 21 heavy (non-hydrogen) atoms. The summed E-state index contributed by atoms with van der Waals surface area (Å²) in [6, 6.07) is 3.81. The van der Waals surface area contributed by atoms with Crippen LogP contribution >= 0.6 is 0 Å². The number of rotatable bonds is 3. The van der Waals surface area contributed by atoms with E-state index in [-0.39, 0.29) is 5.41 Å². The molecule has 0 amide bonds. The van der Waals surface area contributed by atoms with Crippen molar-refractivity contribution in [3.63, 3.8) is 0 Å². The van der Waals surface area contributed by atoms with Crippen LogP contribution < -0.4 is 10.6 Å². The first kappa shape index (κ1) is 12.8. The van der Waals surface area contributed by atoms with Gasteiger partial charge < -0.3 is 19.8 Å². The molecule has 6 heteroatoms. The molecule has 2 aliphatic heterocycles. The van der Waals surface area contributed by atoms with Gasteiger partial charge in [0.25, 0.3) is 0 Å². The van der Waals surface area contributed by atoms with Crippen molar-refractivity contribution in [2.75, 3.05) is 25.0 Å². The number of aromatic nitrogens is 2. The summed E-state index contributed by atoms with van der Waals surface area (Å²) in [5.41, 5.74) is 2.25. The van der Waals surface area contributed by atoms with Gasteiger partial charge in [0.05, 0.1) is 37.1 Å². The molecule has 2 aromatic heterocycles. The fraction of sp³-hybridized carbons (Fsp3) is 0.467. The van der Waals surface area contributed by atoms with Gasteiger partial charge in [-0.1, -0.05) is 0 Å². The maximum absolute atomic E-state index is 5.74. The van der Waals surface area contributed by atoms with Crippen molar-refractivity contribution >= 4 is 5.95 Å². The first-order valence-electron chi connectivity index (χ1n) is 7.27. The van der Waals surface area contributed by atoms with Crippen molar-refractivity contribution in [1.82, 2.24) is 15.3 Å². The molecule has 2 N–H and O–H groups in total. The van der Waals surface area contributed by atoms with E-state index in [1.807, 2.05) is 18.3 Å². The second-order valence-corrected chi connectivity index (χ2v) is 5.70. The van der Waals surface area contributed by atoms with E-state index >= 15 is 0 Å². The van der Waals surface area contributed by atoms with Gasteiger partial charge in [-0.2, -0.15) is 0 Å². The summed E-state index contributed by atoms with van der Waals surface area (Å²) in [5, 5.41) is 6.65. The topological polar surface area (TPSA) is 72.2 Å². The summed E-state index contributed by atoms with van der Waals surface area (Å²) in [6.45, 7) is 3.88. The maximum atomic E-state index is 5.74. The van der Waals surface area contributed by atoms with E-state index in [4.69, 9.17) is 14.1 Å². The summed E-state index contributed by atoms with van der Waals surface area (Å²) in [4.78, 5) is 9.15. The molecule has 1 fully saturated rings. The summed E-state index contributed by atoms with van der Waals surface area (Å²) < 4.78 is 11.1. The zero-order valence-electron chi connectivity index (χ0n) is 11.8. The van der Waals surface area contributed by atoms with Crippen molar-refractivity contribution in [2.45, 2.75) is 25.0 Å². The van der Waals surface area contributed by atoms with Gasteiger partial charge in [0, 0.05) is 18.3 Å². The van der Waals surface area contributed by atoms with Crippen molar-refractivity contribution in [1.29, 1.82) is 0 Å². The molecule has 0 unspecified atom stereocenters. The minimum atomic E-state index is 0.0115. The van der Waals surface area contributed by atoms with Crippen LogP contribution in [0.4, 0.5) is 5.95 Å². The van der Waals surface area contributed by atoms with E-state index in [1.165, 1.54) is 0 Å². The molecular weight excluding hydrogens is 268 g/mol. The molecule has 0 radical (unpaired) electrons. The Bertz CT molecular complexity index is 621. The highest BCUT2D eigenvalue weighted by Crippen LogP contribution is 2.36. The zero-order chi connectivity index (χ0) is 14.1. The molecule has 0 saturated carbocycles. The van der Waals surface area contributed by atoms with Crippen molar-refractivity contribution in [3.8, 4) is 0 Å². The van der Waals surface area contributed by atoms with Crippen LogP contribution in [0, 0.1) is 0 Å². The summed E-state index contributed by atoms with van der Waals surface area (Å²) in [7, 11) is 0. The average Bonchev–Trinajstić information content (AvgIpc) is 3.18. The van der Waals surface area contributed by atoms with Crippen LogP contribution in [0.3, 0.4) is 0 Å². The quantitative estimate of drug-likeness (QED) is 0.889. The minimum Gasteiger partial charge on any atom is -0.467 e. The number of hydrogen-bond acceptors (Lipinski definition) is 6. The van der Waals surface area contributed by atoms with E-state index in [1.54, 1.807) is 6.26 Å². The largest absolute Gasteiger partial charge is 0.467 e. The molecule has 0 aromatic carbocycles. The van der Waals surface area contributed by atoms with Gasteiger partial charge in [0.2, 0.25) is 5.95 Å². The van der Waals surface area contributed by atoms with Crippen LogP contribution in [-0.4, -0.2) is 29.7 Å². The first-order valence-corrected chi connectivity index (χ1v) is 7.27. The summed E-state index contributed by atoms with van der Waals surface area (Å²) >= 11 is 0. The number of hydrogen-bond donors (Lipinski definition) is 2. The molecule has 1 spiro atoms. The van der Waals surface area contributed by atoms with Gasteiger partial charge in [-0.3, -0.25) is 0 Å². The van der Waals surface area contributed by atoms with Crippen molar-refractivity contribution < 1.29 is 9.15 Å². The molecule has 1 saturated heterocycles. The van der Waals surface area contributed by atoms with Gasteiger partial charge in [-0.05, 0) is 25.1 Å². The lowest BCUT2D eigenvalue weighted by molar-refractivity contribution is 0.0551. The van der Waals surface area contributed by atoms with Gasteiger partial charge in [-0.15, -0.1) is 0 Å². The van der Waals surface area contributed by atoms with Crippen molar-refractivity contribution in [2.24, 2.45) is 0 Å².